The first-order chi connectivity index (χ1) is 8.49. The minimum atomic E-state index is -0.178. The van der Waals surface area contributed by atoms with E-state index >= 15 is 0 Å². The number of carbonyl (C=O) groups excluding carboxylic acids is 1. The van der Waals surface area contributed by atoms with E-state index in [0.717, 1.165) is 32.2 Å². The van der Waals surface area contributed by atoms with Gasteiger partial charge in [-0.3, -0.25) is 4.79 Å². The summed E-state index contributed by atoms with van der Waals surface area (Å²) >= 11 is 0. The molecule has 0 aromatic carbocycles. The summed E-state index contributed by atoms with van der Waals surface area (Å²) < 4.78 is 0. The number of amides is 1. The van der Waals surface area contributed by atoms with Gasteiger partial charge in [0, 0.05) is 18.5 Å². The summed E-state index contributed by atoms with van der Waals surface area (Å²) in [6.07, 6.45) is 6.03. The molecule has 1 saturated carbocycles. The van der Waals surface area contributed by atoms with E-state index < -0.39 is 0 Å². The average Bonchev–Trinajstić information content (AvgIpc) is 2.34. The van der Waals surface area contributed by atoms with E-state index in [4.69, 9.17) is 5.26 Å². The number of nitriles is 1. The van der Waals surface area contributed by atoms with Gasteiger partial charge >= 0.3 is 0 Å². The van der Waals surface area contributed by atoms with Gasteiger partial charge in [0.15, 0.2) is 0 Å². The molecule has 1 rings (SSSR count). The Bertz CT molecular complexity index is 311. The molecule has 3 heteroatoms. The fraction of sp³-hybridized carbons (Fsp3) is 0.867. The maximum atomic E-state index is 12.7. The molecule has 0 radical (unpaired) electrons. The van der Waals surface area contributed by atoms with E-state index in [2.05, 4.69) is 26.8 Å². The molecule has 1 aliphatic carbocycles. The summed E-state index contributed by atoms with van der Waals surface area (Å²) in [7, 11) is 0. The predicted molar refractivity (Wildman–Crippen MR) is 72.8 cm³/mol. The lowest BCUT2D eigenvalue weighted by Gasteiger charge is -2.37. The van der Waals surface area contributed by atoms with Crippen LogP contribution in [0.15, 0.2) is 0 Å². The molecule has 0 aromatic heterocycles. The van der Waals surface area contributed by atoms with Gasteiger partial charge in [0.2, 0.25) is 5.91 Å². The molecule has 0 aromatic rings. The van der Waals surface area contributed by atoms with E-state index in [1.54, 1.807) is 0 Å². The third-order valence-corrected chi connectivity index (χ3v) is 3.84. The van der Waals surface area contributed by atoms with Crippen LogP contribution < -0.4 is 0 Å². The Labute approximate surface area is 111 Å². The first-order valence-electron chi connectivity index (χ1n) is 7.16. The number of nitrogens with zero attached hydrogens (tertiary/aromatic N) is 2. The molecule has 0 spiro atoms. The normalized spacial score (nSPS) is 18.4. The monoisotopic (exact) mass is 250 g/mol. The van der Waals surface area contributed by atoms with Crippen LogP contribution in [0.1, 0.15) is 59.3 Å². The van der Waals surface area contributed by atoms with Crippen molar-refractivity contribution >= 4 is 5.91 Å². The Morgan fingerprint density at radius 1 is 1.33 bits per heavy atom. The Kier molecular flexibility index (Phi) is 5.65. The zero-order chi connectivity index (χ0) is 13.6. The molecule has 1 fully saturated rings. The van der Waals surface area contributed by atoms with Gasteiger partial charge in [0.25, 0.3) is 0 Å². The van der Waals surface area contributed by atoms with Crippen molar-refractivity contribution in [2.75, 3.05) is 13.1 Å². The molecule has 0 N–H and O–H groups in total. The van der Waals surface area contributed by atoms with Gasteiger partial charge in [-0.15, -0.1) is 0 Å². The summed E-state index contributed by atoms with van der Waals surface area (Å²) in [5.74, 6) is 0.728. The Hall–Kier alpha value is -1.04. The van der Waals surface area contributed by atoms with Crippen molar-refractivity contribution in [2.45, 2.75) is 59.3 Å². The highest BCUT2D eigenvalue weighted by atomic mass is 16.2. The molecule has 1 amide bonds. The molecule has 0 unspecified atom stereocenters. The van der Waals surface area contributed by atoms with E-state index in [-0.39, 0.29) is 11.3 Å². The van der Waals surface area contributed by atoms with Gasteiger partial charge in [0.1, 0.15) is 0 Å². The molecule has 0 heterocycles. The first-order valence-corrected chi connectivity index (χ1v) is 7.16. The van der Waals surface area contributed by atoms with E-state index in [9.17, 15) is 4.79 Å². The first kappa shape index (κ1) is 15.0. The lowest BCUT2D eigenvalue weighted by atomic mass is 9.74. The molecule has 0 saturated heterocycles. The Balaban J connectivity index is 2.70. The van der Waals surface area contributed by atoms with Crippen LogP contribution in [-0.4, -0.2) is 23.9 Å². The van der Waals surface area contributed by atoms with E-state index in [1.807, 2.05) is 4.90 Å². The SMILES string of the molecule is CC(C)CN(CCC#N)C(=O)C1(C)CCCCC1. The lowest BCUT2D eigenvalue weighted by Crippen LogP contribution is -2.45. The van der Waals surface area contributed by atoms with Crippen LogP contribution in [0.25, 0.3) is 0 Å². The van der Waals surface area contributed by atoms with Gasteiger partial charge in [-0.05, 0) is 18.8 Å². The fourth-order valence-electron chi connectivity index (χ4n) is 2.83. The van der Waals surface area contributed by atoms with Crippen molar-refractivity contribution in [3.8, 4) is 6.07 Å². The van der Waals surface area contributed by atoms with Crippen molar-refractivity contribution in [3.05, 3.63) is 0 Å². The molecule has 102 valence electrons. The summed E-state index contributed by atoms with van der Waals surface area (Å²) in [5, 5.41) is 8.72. The summed E-state index contributed by atoms with van der Waals surface area (Å²) in [6.45, 7) is 7.71. The number of hydrogen-bond donors (Lipinski definition) is 0. The van der Waals surface area contributed by atoms with Gasteiger partial charge in [-0.2, -0.15) is 5.26 Å². The van der Waals surface area contributed by atoms with Crippen LogP contribution in [0.5, 0.6) is 0 Å². The third kappa shape index (κ3) is 4.01. The van der Waals surface area contributed by atoms with Crippen LogP contribution in [0, 0.1) is 22.7 Å². The van der Waals surface area contributed by atoms with E-state index in [1.165, 1.54) is 6.42 Å². The zero-order valence-electron chi connectivity index (χ0n) is 12.0. The van der Waals surface area contributed by atoms with Crippen LogP contribution in [0.2, 0.25) is 0 Å². The zero-order valence-corrected chi connectivity index (χ0v) is 12.0. The summed E-state index contributed by atoms with van der Waals surface area (Å²) in [4.78, 5) is 14.6. The van der Waals surface area contributed by atoms with Crippen molar-refractivity contribution < 1.29 is 4.79 Å². The van der Waals surface area contributed by atoms with Crippen molar-refractivity contribution in [1.29, 1.82) is 5.26 Å². The van der Waals surface area contributed by atoms with Gasteiger partial charge < -0.3 is 4.90 Å². The van der Waals surface area contributed by atoms with Gasteiger partial charge in [-0.25, -0.2) is 0 Å². The second-order valence-electron chi connectivity index (χ2n) is 6.17. The summed E-state index contributed by atoms with van der Waals surface area (Å²) in [5.41, 5.74) is -0.178. The minimum absolute atomic E-state index is 0.178. The number of rotatable bonds is 5. The highest BCUT2D eigenvalue weighted by Crippen LogP contribution is 2.37. The predicted octanol–water partition coefficient (Wildman–Crippen LogP) is 3.36. The maximum absolute atomic E-state index is 12.7. The quantitative estimate of drug-likeness (QED) is 0.751. The highest BCUT2D eigenvalue weighted by molar-refractivity contribution is 5.82. The lowest BCUT2D eigenvalue weighted by molar-refractivity contribution is -0.143. The molecular weight excluding hydrogens is 224 g/mol. The van der Waals surface area contributed by atoms with Crippen LogP contribution >= 0.6 is 0 Å². The second kappa shape index (κ2) is 6.78. The average molecular weight is 250 g/mol. The Morgan fingerprint density at radius 3 is 2.44 bits per heavy atom. The Morgan fingerprint density at radius 2 is 1.94 bits per heavy atom. The molecule has 0 atom stereocenters. The fourth-order valence-corrected chi connectivity index (χ4v) is 2.83. The standard InChI is InChI=1S/C15H26N2O/c1-13(2)12-17(11-7-10-16)14(18)15(3)8-5-4-6-9-15/h13H,4-9,11-12H2,1-3H3. The van der Waals surface area contributed by atoms with Crippen LogP contribution in [0.3, 0.4) is 0 Å². The van der Waals surface area contributed by atoms with Crippen LogP contribution in [0.4, 0.5) is 0 Å². The van der Waals surface area contributed by atoms with Crippen molar-refractivity contribution in [3.63, 3.8) is 0 Å². The minimum Gasteiger partial charge on any atom is -0.341 e. The highest BCUT2D eigenvalue weighted by Gasteiger charge is 2.37. The molecule has 18 heavy (non-hydrogen) atoms. The van der Waals surface area contributed by atoms with Crippen molar-refractivity contribution in [1.82, 2.24) is 4.90 Å². The van der Waals surface area contributed by atoms with E-state index in [0.29, 0.717) is 18.9 Å². The van der Waals surface area contributed by atoms with Crippen molar-refractivity contribution in [2.24, 2.45) is 11.3 Å². The second-order valence-corrected chi connectivity index (χ2v) is 6.17. The molecule has 3 nitrogen and oxygen atoms in total. The number of hydrogen-bond acceptors (Lipinski definition) is 2. The van der Waals surface area contributed by atoms with Gasteiger partial charge in [-0.1, -0.05) is 40.0 Å². The smallest absolute Gasteiger partial charge is 0.228 e. The largest absolute Gasteiger partial charge is 0.341 e. The third-order valence-electron chi connectivity index (χ3n) is 3.84. The molecule has 0 aliphatic heterocycles. The van der Waals surface area contributed by atoms with Crippen LogP contribution in [-0.2, 0) is 4.79 Å². The molecule has 0 bridgehead atoms. The number of carbonyl (C=O) groups is 1. The summed E-state index contributed by atoms with van der Waals surface area (Å²) in [6, 6.07) is 2.15. The molecule has 1 aliphatic rings. The molecular formula is C15H26N2O. The van der Waals surface area contributed by atoms with Gasteiger partial charge in [0.05, 0.1) is 12.5 Å². The maximum Gasteiger partial charge on any atom is 0.228 e. The topological polar surface area (TPSA) is 44.1 Å².